The van der Waals surface area contributed by atoms with Crippen LogP contribution in [-0.4, -0.2) is 5.11 Å². The number of nitrogens with zero attached hydrogens (tertiary/aromatic N) is 2. The topological polar surface area (TPSA) is 53.0 Å². The molecule has 0 saturated carbocycles. The molecule has 0 spiro atoms. The molecule has 3 nitrogen and oxygen atoms in total. The van der Waals surface area contributed by atoms with Crippen molar-refractivity contribution in [3.05, 3.63) is 65.7 Å². The Morgan fingerprint density at radius 3 is 2.29 bits per heavy atom. The highest BCUT2D eigenvalue weighted by Crippen LogP contribution is 2.29. The van der Waals surface area contributed by atoms with Crippen LogP contribution in [0, 0.1) is 11.3 Å². The smallest absolute Gasteiger partial charge is 0.171 e. The van der Waals surface area contributed by atoms with Crippen LogP contribution in [-0.2, 0) is 0 Å². The summed E-state index contributed by atoms with van der Waals surface area (Å²) in [4.78, 5) is 1.94. The Kier molecular flexibility index (Phi) is 4.91. The van der Waals surface area contributed by atoms with Crippen LogP contribution in [0.1, 0.15) is 30.5 Å². The molecule has 0 radical (unpaired) electrons. The van der Waals surface area contributed by atoms with Crippen molar-refractivity contribution >= 4 is 23.0 Å². The molecule has 0 aliphatic carbocycles. The van der Waals surface area contributed by atoms with E-state index in [1.54, 1.807) is 12.1 Å². The minimum Gasteiger partial charge on any atom is -0.376 e. The first-order chi connectivity index (χ1) is 10.2. The molecule has 0 heterocycles. The molecule has 0 amide bonds. The second kappa shape index (κ2) is 6.87. The lowest BCUT2D eigenvalue weighted by atomic mass is 10.0. The van der Waals surface area contributed by atoms with E-state index in [0.29, 0.717) is 10.7 Å². The van der Waals surface area contributed by atoms with Crippen LogP contribution >= 0.6 is 12.2 Å². The van der Waals surface area contributed by atoms with E-state index >= 15 is 0 Å². The third kappa shape index (κ3) is 3.39. The predicted molar refractivity (Wildman–Crippen MR) is 89.9 cm³/mol. The normalized spacial score (nSPS) is 11.4. The van der Waals surface area contributed by atoms with Crippen LogP contribution in [0.4, 0.5) is 5.69 Å². The van der Waals surface area contributed by atoms with Gasteiger partial charge in [0.25, 0.3) is 0 Å². The predicted octanol–water partition coefficient (Wildman–Crippen LogP) is 3.76. The Labute approximate surface area is 130 Å². The monoisotopic (exact) mass is 295 g/mol. The highest BCUT2D eigenvalue weighted by molar-refractivity contribution is 7.80. The number of thiocarbonyl (C=S) groups is 1. The molecule has 2 aromatic rings. The van der Waals surface area contributed by atoms with Crippen molar-refractivity contribution in [1.82, 2.24) is 0 Å². The van der Waals surface area contributed by atoms with Gasteiger partial charge in [0.15, 0.2) is 5.11 Å². The molecular weight excluding hydrogens is 278 g/mol. The van der Waals surface area contributed by atoms with Gasteiger partial charge in [0.2, 0.25) is 0 Å². The number of benzene rings is 2. The Balaban J connectivity index is 2.41. The molecule has 106 valence electrons. The molecule has 0 aliphatic rings. The largest absolute Gasteiger partial charge is 0.376 e. The molecule has 0 saturated heterocycles. The highest BCUT2D eigenvalue weighted by Gasteiger charge is 2.21. The molecule has 2 rings (SSSR count). The van der Waals surface area contributed by atoms with Crippen LogP contribution in [0.3, 0.4) is 0 Å². The Bertz CT molecular complexity index is 644. The molecule has 0 aromatic heterocycles. The molecule has 21 heavy (non-hydrogen) atoms. The van der Waals surface area contributed by atoms with Gasteiger partial charge in [-0.05, 0) is 48.5 Å². The summed E-state index contributed by atoms with van der Waals surface area (Å²) in [5.74, 6) is 0. The molecule has 0 fully saturated rings. The molecule has 4 heteroatoms. The zero-order chi connectivity index (χ0) is 15.2. The molecular formula is C17H17N3S. The van der Waals surface area contributed by atoms with Gasteiger partial charge in [-0.15, -0.1) is 0 Å². The maximum Gasteiger partial charge on any atom is 0.171 e. The number of hydrogen-bond donors (Lipinski definition) is 1. The second-order valence-electron chi connectivity index (χ2n) is 4.70. The van der Waals surface area contributed by atoms with Gasteiger partial charge in [-0.1, -0.05) is 37.3 Å². The number of hydrogen-bond acceptors (Lipinski definition) is 2. The first kappa shape index (κ1) is 15.0. The van der Waals surface area contributed by atoms with Gasteiger partial charge in [-0.25, -0.2) is 0 Å². The van der Waals surface area contributed by atoms with Crippen molar-refractivity contribution in [2.75, 3.05) is 4.90 Å². The van der Waals surface area contributed by atoms with Crippen molar-refractivity contribution < 1.29 is 0 Å². The van der Waals surface area contributed by atoms with Crippen LogP contribution in [0.2, 0.25) is 0 Å². The van der Waals surface area contributed by atoms with Gasteiger partial charge in [-0.3, -0.25) is 0 Å². The molecule has 2 aromatic carbocycles. The number of nitrogens with two attached hydrogens (primary N) is 1. The fourth-order valence-corrected chi connectivity index (χ4v) is 2.63. The van der Waals surface area contributed by atoms with Gasteiger partial charge in [0.05, 0.1) is 17.7 Å². The van der Waals surface area contributed by atoms with Gasteiger partial charge in [0.1, 0.15) is 0 Å². The van der Waals surface area contributed by atoms with E-state index < -0.39 is 0 Å². The van der Waals surface area contributed by atoms with E-state index in [0.717, 1.165) is 17.7 Å². The summed E-state index contributed by atoms with van der Waals surface area (Å²) in [5.41, 5.74) is 8.63. The Hall–Kier alpha value is -2.38. The van der Waals surface area contributed by atoms with Crippen LogP contribution < -0.4 is 10.6 Å². The lowest BCUT2D eigenvalue weighted by Crippen LogP contribution is -2.38. The summed E-state index contributed by atoms with van der Waals surface area (Å²) in [6.07, 6.45) is 0.876. The summed E-state index contributed by atoms with van der Waals surface area (Å²) in [5, 5.41) is 9.22. The SMILES string of the molecule is CCC(c1ccccc1)N(C(N)=S)c1ccc(C#N)cc1. The minimum atomic E-state index is 0.0802. The van der Waals surface area contributed by atoms with Gasteiger partial charge >= 0.3 is 0 Å². The third-order valence-electron chi connectivity index (χ3n) is 3.39. The van der Waals surface area contributed by atoms with Gasteiger partial charge in [-0.2, -0.15) is 5.26 Å². The van der Waals surface area contributed by atoms with E-state index in [4.69, 9.17) is 23.2 Å². The molecule has 0 bridgehead atoms. The highest BCUT2D eigenvalue weighted by atomic mass is 32.1. The Morgan fingerprint density at radius 2 is 1.81 bits per heavy atom. The summed E-state index contributed by atoms with van der Waals surface area (Å²) < 4.78 is 0. The second-order valence-corrected chi connectivity index (χ2v) is 5.12. The maximum absolute atomic E-state index is 8.90. The fraction of sp³-hybridized carbons (Fsp3) is 0.176. The lowest BCUT2D eigenvalue weighted by Gasteiger charge is -2.32. The van der Waals surface area contributed by atoms with E-state index in [9.17, 15) is 0 Å². The average molecular weight is 295 g/mol. The molecule has 1 unspecified atom stereocenters. The fourth-order valence-electron chi connectivity index (χ4n) is 2.40. The number of anilines is 1. The lowest BCUT2D eigenvalue weighted by molar-refractivity contribution is 0.686. The van der Waals surface area contributed by atoms with E-state index in [1.807, 2.05) is 35.2 Å². The maximum atomic E-state index is 8.90. The molecule has 2 N–H and O–H groups in total. The van der Waals surface area contributed by atoms with Crippen LogP contribution in [0.25, 0.3) is 0 Å². The van der Waals surface area contributed by atoms with Crippen LogP contribution in [0.5, 0.6) is 0 Å². The van der Waals surface area contributed by atoms with Gasteiger partial charge in [0, 0.05) is 5.69 Å². The summed E-state index contributed by atoms with van der Waals surface area (Å²) in [7, 11) is 0. The van der Waals surface area contributed by atoms with E-state index in [-0.39, 0.29) is 6.04 Å². The van der Waals surface area contributed by atoms with Crippen LogP contribution in [0.15, 0.2) is 54.6 Å². The van der Waals surface area contributed by atoms with Crippen molar-refractivity contribution in [3.8, 4) is 6.07 Å². The first-order valence-corrected chi connectivity index (χ1v) is 7.22. The minimum absolute atomic E-state index is 0.0802. The standard InChI is InChI=1S/C17H17N3S/c1-2-16(14-6-4-3-5-7-14)20(17(19)21)15-10-8-13(12-18)9-11-15/h3-11,16H,2H2,1H3,(H2,19,21). The Morgan fingerprint density at radius 1 is 1.19 bits per heavy atom. The molecule has 0 aliphatic heterocycles. The third-order valence-corrected chi connectivity index (χ3v) is 3.59. The zero-order valence-corrected chi connectivity index (χ0v) is 12.7. The quantitative estimate of drug-likeness (QED) is 0.873. The molecule has 1 atom stereocenters. The zero-order valence-electron chi connectivity index (χ0n) is 11.9. The van der Waals surface area contributed by atoms with E-state index in [2.05, 4.69) is 25.1 Å². The average Bonchev–Trinajstić information content (AvgIpc) is 2.53. The van der Waals surface area contributed by atoms with Crippen molar-refractivity contribution in [1.29, 1.82) is 5.26 Å². The number of nitriles is 1. The van der Waals surface area contributed by atoms with Gasteiger partial charge < -0.3 is 10.6 Å². The summed E-state index contributed by atoms with van der Waals surface area (Å²) in [6, 6.07) is 19.7. The van der Waals surface area contributed by atoms with Crippen molar-refractivity contribution in [3.63, 3.8) is 0 Å². The summed E-state index contributed by atoms with van der Waals surface area (Å²) >= 11 is 5.24. The van der Waals surface area contributed by atoms with E-state index in [1.165, 1.54) is 0 Å². The van der Waals surface area contributed by atoms with Crippen molar-refractivity contribution in [2.24, 2.45) is 5.73 Å². The summed E-state index contributed by atoms with van der Waals surface area (Å²) in [6.45, 7) is 2.10. The first-order valence-electron chi connectivity index (χ1n) is 6.81. The van der Waals surface area contributed by atoms with Crippen molar-refractivity contribution in [2.45, 2.75) is 19.4 Å². The number of rotatable bonds is 4.